The topological polar surface area (TPSA) is 9.23 Å². The molecule has 3 heteroatoms. The largest absolute Gasteiger partial charge is 0.383 e. The van der Waals surface area contributed by atoms with Gasteiger partial charge in [0, 0.05) is 0 Å². The van der Waals surface area contributed by atoms with E-state index < -0.39 is 12.2 Å². The number of benzene rings is 2. The first-order valence-corrected chi connectivity index (χ1v) is 12.7. The summed E-state index contributed by atoms with van der Waals surface area (Å²) < 4.78 is 35.2. The molecule has 2 saturated carbocycles. The number of hydrogen-bond donors (Lipinski definition) is 0. The lowest BCUT2D eigenvalue weighted by molar-refractivity contribution is -0.272. The van der Waals surface area contributed by atoms with Gasteiger partial charge in [0.25, 0.3) is 0 Å². The Morgan fingerprint density at radius 2 is 1.30 bits per heavy atom. The lowest BCUT2D eigenvalue weighted by Gasteiger charge is -2.28. The number of halogens is 2. The van der Waals surface area contributed by atoms with E-state index in [2.05, 4.69) is 25.6 Å². The Morgan fingerprint density at radius 1 is 0.818 bits per heavy atom. The SMILES string of the molecule is C=CC1CCC(c2ccc(C(F)(F)OC(C)c3ccc(C4CCC(C)CC4)cc3)cc2)CC1. The Morgan fingerprint density at radius 3 is 1.82 bits per heavy atom. The molecule has 178 valence electrons. The van der Waals surface area contributed by atoms with E-state index in [1.807, 2.05) is 30.3 Å². The molecule has 0 heterocycles. The van der Waals surface area contributed by atoms with E-state index in [0.717, 1.165) is 42.7 Å². The van der Waals surface area contributed by atoms with Crippen molar-refractivity contribution in [3.8, 4) is 0 Å². The van der Waals surface area contributed by atoms with Crippen LogP contribution in [0.25, 0.3) is 0 Å². The molecule has 0 N–H and O–H groups in total. The highest BCUT2D eigenvalue weighted by molar-refractivity contribution is 5.29. The lowest BCUT2D eigenvalue weighted by Crippen LogP contribution is -2.20. The zero-order valence-corrected chi connectivity index (χ0v) is 20.1. The molecule has 2 fully saturated rings. The molecule has 0 bridgehead atoms. The lowest BCUT2D eigenvalue weighted by atomic mass is 9.78. The van der Waals surface area contributed by atoms with Crippen LogP contribution in [0.15, 0.2) is 61.2 Å². The summed E-state index contributed by atoms with van der Waals surface area (Å²) in [5, 5.41) is 0. The second kappa shape index (κ2) is 10.5. The molecule has 0 amide bonds. The first-order chi connectivity index (χ1) is 15.9. The third kappa shape index (κ3) is 5.93. The molecule has 2 aliphatic carbocycles. The normalized spacial score (nSPS) is 27.2. The minimum atomic E-state index is -3.32. The summed E-state index contributed by atoms with van der Waals surface area (Å²) >= 11 is 0. The molecule has 1 atom stereocenters. The predicted octanol–water partition coefficient (Wildman–Crippen LogP) is 9.27. The van der Waals surface area contributed by atoms with E-state index >= 15 is 0 Å². The van der Waals surface area contributed by atoms with Crippen molar-refractivity contribution in [3.05, 3.63) is 83.4 Å². The summed E-state index contributed by atoms with van der Waals surface area (Å²) in [6.45, 7) is 7.92. The molecular weight excluding hydrogens is 414 g/mol. The molecule has 0 spiro atoms. The first-order valence-electron chi connectivity index (χ1n) is 12.7. The van der Waals surface area contributed by atoms with Crippen molar-refractivity contribution in [2.45, 2.75) is 89.3 Å². The zero-order valence-electron chi connectivity index (χ0n) is 20.1. The maximum atomic E-state index is 14.9. The van der Waals surface area contributed by atoms with Crippen molar-refractivity contribution in [3.63, 3.8) is 0 Å². The van der Waals surface area contributed by atoms with Gasteiger partial charge in [-0.1, -0.05) is 74.4 Å². The van der Waals surface area contributed by atoms with Crippen LogP contribution in [0.3, 0.4) is 0 Å². The number of rotatable bonds is 7. The summed E-state index contributed by atoms with van der Waals surface area (Å²) in [7, 11) is 0. The van der Waals surface area contributed by atoms with Crippen LogP contribution in [-0.2, 0) is 10.8 Å². The van der Waals surface area contributed by atoms with Gasteiger partial charge in [-0.25, -0.2) is 0 Å². The molecule has 33 heavy (non-hydrogen) atoms. The van der Waals surface area contributed by atoms with Gasteiger partial charge in [-0.2, -0.15) is 8.78 Å². The van der Waals surface area contributed by atoms with Crippen molar-refractivity contribution in [1.82, 2.24) is 0 Å². The van der Waals surface area contributed by atoms with Gasteiger partial charge in [0.1, 0.15) is 0 Å². The van der Waals surface area contributed by atoms with Crippen LogP contribution in [0.2, 0.25) is 0 Å². The number of allylic oxidation sites excluding steroid dienone is 1. The molecule has 0 radical (unpaired) electrons. The Bertz CT molecular complexity index is 886. The molecule has 2 aromatic carbocycles. The highest BCUT2D eigenvalue weighted by Gasteiger charge is 2.35. The van der Waals surface area contributed by atoms with Crippen molar-refractivity contribution >= 4 is 0 Å². The average Bonchev–Trinajstić information content (AvgIpc) is 2.84. The summed E-state index contributed by atoms with van der Waals surface area (Å²) in [6.07, 6.45) is 7.46. The van der Waals surface area contributed by atoms with E-state index in [-0.39, 0.29) is 5.56 Å². The molecule has 0 aliphatic heterocycles. The Labute approximate surface area is 198 Å². The molecule has 2 aromatic rings. The molecule has 1 nitrogen and oxygen atoms in total. The third-order valence-corrected chi connectivity index (χ3v) is 8.04. The maximum absolute atomic E-state index is 14.9. The van der Waals surface area contributed by atoms with Crippen LogP contribution >= 0.6 is 0 Å². The quantitative estimate of drug-likeness (QED) is 0.380. The second-order valence-electron chi connectivity index (χ2n) is 10.4. The van der Waals surface area contributed by atoms with Crippen LogP contribution in [-0.4, -0.2) is 0 Å². The summed E-state index contributed by atoms with van der Waals surface area (Å²) in [4.78, 5) is 0. The van der Waals surface area contributed by atoms with Gasteiger partial charge in [-0.15, -0.1) is 6.58 Å². The van der Waals surface area contributed by atoms with Crippen molar-refractivity contribution in [1.29, 1.82) is 0 Å². The first kappa shape index (κ1) is 24.1. The number of alkyl halides is 2. The molecule has 0 saturated heterocycles. The van der Waals surface area contributed by atoms with Crippen LogP contribution in [0.1, 0.15) is 105 Å². The Hall–Kier alpha value is -2.00. The van der Waals surface area contributed by atoms with E-state index in [1.54, 1.807) is 6.92 Å². The molecule has 0 aromatic heterocycles. The van der Waals surface area contributed by atoms with Gasteiger partial charge in [-0.05, 0) is 85.8 Å². The van der Waals surface area contributed by atoms with Crippen LogP contribution < -0.4 is 0 Å². The van der Waals surface area contributed by atoms with Crippen LogP contribution in [0.5, 0.6) is 0 Å². The van der Waals surface area contributed by atoms with Crippen molar-refractivity contribution < 1.29 is 13.5 Å². The number of ether oxygens (including phenoxy) is 1. The minimum Gasteiger partial charge on any atom is -0.309 e. The Kier molecular flexibility index (Phi) is 7.69. The van der Waals surface area contributed by atoms with Gasteiger partial charge in [0.2, 0.25) is 0 Å². The smallest absolute Gasteiger partial charge is 0.309 e. The molecule has 1 unspecified atom stereocenters. The van der Waals surface area contributed by atoms with Gasteiger partial charge >= 0.3 is 6.11 Å². The highest BCUT2D eigenvalue weighted by atomic mass is 19.3. The van der Waals surface area contributed by atoms with Gasteiger partial charge in [0.05, 0.1) is 11.7 Å². The van der Waals surface area contributed by atoms with E-state index in [1.165, 1.54) is 43.4 Å². The second-order valence-corrected chi connectivity index (χ2v) is 10.4. The fraction of sp³-hybridized carbons (Fsp3) is 0.533. The van der Waals surface area contributed by atoms with Gasteiger partial charge in [0.15, 0.2) is 0 Å². The zero-order chi connectivity index (χ0) is 23.4. The van der Waals surface area contributed by atoms with E-state index in [4.69, 9.17) is 4.74 Å². The summed E-state index contributed by atoms with van der Waals surface area (Å²) in [5.41, 5.74) is 3.18. The number of hydrogen-bond acceptors (Lipinski definition) is 1. The van der Waals surface area contributed by atoms with Crippen molar-refractivity contribution in [2.24, 2.45) is 11.8 Å². The summed E-state index contributed by atoms with van der Waals surface area (Å²) in [5.74, 6) is 2.46. The monoisotopic (exact) mass is 452 g/mol. The Balaban J connectivity index is 1.36. The van der Waals surface area contributed by atoms with Crippen LogP contribution in [0.4, 0.5) is 8.78 Å². The molecular formula is C30H38F2O. The predicted molar refractivity (Wildman–Crippen MR) is 132 cm³/mol. The summed E-state index contributed by atoms with van der Waals surface area (Å²) in [6, 6.07) is 14.9. The fourth-order valence-corrected chi connectivity index (χ4v) is 5.63. The van der Waals surface area contributed by atoms with Gasteiger partial charge < -0.3 is 4.74 Å². The van der Waals surface area contributed by atoms with E-state index in [9.17, 15) is 8.78 Å². The third-order valence-electron chi connectivity index (χ3n) is 8.04. The fourth-order valence-electron chi connectivity index (χ4n) is 5.63. The molecule has 2 aliphatic rings. The minimum absolute atomic E-state index is 0.0779. The maximum Gasteiger partial charge on any atom is 0.383 e. The standard InChI is InChI=1S/C30H38F2O/c1-4-23-7-11-26(12-8-23)28-17-19-29(20-18-28)30(31,32)33-22(3)24-13-15-27(16-14-24)25-9-5-21(2)6-10-25/h4,13-23,25-26H,1,5-12H2,2-3H3. The highest BCUT2D eigenvalue weighted by Crippen LogP contribution is 2.40. The van der Waals surface area contributed by atoms with Crippen LogP contribution in [0, 0.1) is 11.8 Å². The molecule has 4 rings (SSSR count). The van der Waals surface area contributed by atoms with Gasteiger partial charge in [-0.3, -0.25) is 0 Å². The van der Waals surface area contributed by atoms with E-state index in [0.29, 0.717) is 17.8 Å². The average molecular weight is 453 g/mol. The van der Waals surface area contributed by atoms with Crippen molar-refractivity contribution in [2.75, 3.05) is 0 Å².